The van der Waals surface area contributed by atoms with Crippen molar-refractivity contribution in [2.75, 3.05) is 75.7 Å². The molecule has 0 aliphatic carbocycles. The molecule has 4 N–H and O–H groups in total. The molecule has 9 rings (SSSR count). The molecule has 0 spiro atoms. The molecule has 7 heterocycles. The van der Waals surface area contributed by atoms with Crippen molar-refractivity contribution >= 4 is 34.7 Å². The number of aromatic hydroxyl groups is 1. The second kappa shape index (κ2) is 19.6. The summed E-state index contributed by atoms with van der Waals surface area (Å²) in [5, 5.41) is 40.5. The maximum Gasteiger partial charge on any atom is 0.254 e. The van der Waals surface area contributed by atoms with Crippen LogP contribution in [0.5, 0.6) is 11.6 Å². The minimum absolute atomic E-state index is 0.0107. The molecule has 350 valence electrons. The number of β-amino-alcohol motifs (C(OH)–C–C–N with tert-alkyl or cyclic N) is 1. The Morgan fingerprint density at radius 3 is 2.61 bits per heavy atom. The minimum Gasteiger partial charge on any atom is -0.507 e. The summed E-state index contributed by atoms with van der Waals surface area (Å²) >= 11 is 1.44. The number of aliphatic hydroxyl groups excluding tert-OH is 1. The molecule has 66 heavy (non-hydrogen) atoms. The molecule has 3 saturated heterocycles. The minimum atomic E-state index is -0.943. The molecule has 16 nitrogen and oxygen atoms in total. The first-order valence-corrected chi connectivity index (χ1v) is 24.0. The number of nitrogens with one attached hydrogen (secondary N) is 2. The van der Waals surface area contributed by atoms with Crippen molar-refractivity contribution in [3.8, 4) is 33.3 Å². The molecular formula is C48H59FN10O6S. The number of nitrogens with zero attached hydrogens (tertiary/aromatic N) is 8. The highest BCUT2D eigenvalue weighted by atomic mass is 32.1. The summed E-state index contributed by atoms with van der Waals surface area (Å²) in [5.74, 6) is -0.0303. The van der Waals surface area contributed by atoms with Crippen LogP contribution >= 0.6 is 11.3 Å². The molecule has 5 aromatic rings. The zero-order valence-corrected chi connectivity index (χ0v) is 38.7. The molecule has 0 radical (unpaired) electrons. The molecule has 4 aliphatic rings. The van der Waals surface area contributed by atoms with Crippen molar-refractivity contribution in [2.45, 2.75) is 77.1 Å². The highest BCUT2D eigenvalue weighted by molar-refractivity contribution is 7.13. The number of benzene rings is 2. The van der Waals surface area contributed by atoms with Crippen molar-refractivity contribution in [1.29, 1.82) is 0 Å². The zero-order chi connectivity index (χ0) is 46.1. The number of rotatable bonds is 14. The average Bonchev–Trinajstić information content (AvgIpc) is 4.06. The Morgan fingerprint density at radius 1 is 1.03 bits per heavy atom. The van der Waals surface area contributed by atoms with Crippen molar-refractivity contribution < 1.29 is 33.5 Å². The van der Waals surface area contributed by atoms with E-state index in [9.17, 15) is 19.8 Å². The quantitative estimate of drug-likeness (QED) is 0.106. The van der Waals surface area contributed by atoms with Gasteiger partial charge in [0.1, 0.15) is 30.1 Å². The third-order valence-corrected chi connectivity index (χ3v) is 14.6. The Morgan fingerprint density at radius 2 is 1.85 bits per heavy atom. The molecule has 2 aromatic carbocycles. The van der Waals surface area contributed by atoms with Gasteiger partial charge in [-0.3, -0.25) is 19.4 Å². The number of phenols is 1. The number of amides is 2. The lowest BCUT2D eigenvalue weighted by Crippen LogP contribution is -2.58. The van der Waals surface area contributed by atoms with Gasteiger partial charge in [-0.2, -0.15) is 0 Å². The van der Waals surface area contributed by atoms with Crippen LogP contribution in [0.25, 0.3) is 21.7 Å². The van der Waals surface area contributed by atoms with E-state index in [1.54, 1.807) is 36.7 Å². The lowest BCUT2D eigenvalue weighted by molar-refractivity contribution is -0.141. The zero-order valence-electron chi connectivity index (χ0n) is 37.9. The van der Waals surface area contributed by atoms with Gasteiger partial charge in [-0.05, 0) is 86.6 Å². The van der Waals surface area contributed by atoms with Crippen LogP contribution in [0, 0.1) is 24.6 Å². The Hall–Kier alpha value is -5.69. The van der Waals surface area contributed by atoms with E-state index in [4.69, 9.17) is 9.26 Å². The van der Waals surface area contributed by atoms with Crippen LogP contribution in [0.3, 0.4) is 0 Å². The number of phenolic OH excluding ortho intramolecular Hbond substituents is 1. The highest BCUT2D eigenvalue weighted by Crippen LogP contribution is 2.37. The van der Waals surface area contributed by atoms with Crippen LogP contribution in [0.1, 0.15) is 69.0 Å². The fourth-order valence-corrected chi connectivity index (χ4v) is 10.9. The SMILES string of the molecule is Cc1ncsc1-c1ccc(C(C)NC(=O)[C@@H]2C[C@@H](O)CN2C(=O)C(c2cc(OCCN3CCC(CN4CCN5c6cc(-c7ccccc7O)nnc6NC[C@H]5C4)CC3)no2)C(C)C)c(F)c1. The van der Waals surface area contributed by atoms with Gasteiger partial charge in [0, 0.05) is 69.4 Å². The van der Waals surface area contributed by atoms with Gasteiger partial charge < -0.3 is 39.9 Å². The Labute approximate surface area is 388 Å². The second-order valence-corrected chi connectivity index (χ2v) is 19.4. The van der Waals surface area contributed by atoms with Crippen LogP contribution < -0.4 is 20.3 Å². The summed E-state index contributed by atoms with van der Waals surface area (Å²) in [5.41, 5.74) is 5.95. The monoisotopic (exact) mass is 922 g/mol. The van der Waals surface area contributed by atoms with E-state index in [1.165, 1.54) is 22.3 Å². The summed E-state index contributed by atoms with van der Waals surface area (Å²) in [4.78, 5) is 41.9. The van der Waals surface area contributed by atoms with Crippen LogP contribution in [0.2, 0.25) is 0 Å². The summed E-state index contributed by atoms with van der Waals surface area (Å²) in [6, 6.07) is 14.5. The molecule has 2 unspecified atom stereocenters. The number of piperidine rings is 1. The molecule has 18 heteroatoms. The van der Waals surface area contributed by atoms with Gasteiger partial charge in [0.15, 0.2) is 11.6 Å². The second-order valence-electron chi connectivity index (χ2n) is 18.5. The first-order chi connectivity index (χ1) is 31.9. The summed E-state index contributed by atoms with van der Waals surface area (Å²) in [6.45, 7) is 15.2. The Kier molecular flexibility index (Phi) is 13.5. The third-order valence-electron chi connectivity index (χ3n) is 13.7. The topological polar surface area (TPSA) is 186 Å². The van der Waals surface area contributed by atoms with Gasteiger partial charge in [0.05, 0.1) is 45.7 Å². The van der Waals surface area contributed by atoms with Gasteiger partial charge in [0.25, 0.3) is 5.88 Å². The maximum atomic E-state index is 15.4. The first kappa shape index (κ1) is 45.5. The summed E-state index contributed by atoms with van der Waals surface area (Å²) in [7, 11) is 0. The number of aryl methyl sites for hydroxylation is 1. The predicted octanol–water partition coefficient (Wildman–Crippen LogP) is 5.69. The highest BCUT2D eigenvalue weighted by Gasteiger charge is 2.44. The molecule has 5 atom stereocenters. The Bertz CT molecular complexity index is 2510. The molecule has 3 fully saturated rings. The maximum absolute atomic E-state index is 15.4. The van der Waals surface area contributed by atoms with E-state index < -0.39 is 35.8 Å². The van der Waals surface area contributed by atoms with Crippen molar-refractivity contribution in [1.82, 2.24) is 40.4 Å². The normalized spacial score (nSPS) is 21.3. The number of halogens is 1. The number of piperazine rings is 1. The van der Waals surface area contributed by atoms with Crippen molar-refractivity contribution in [2.24, 2.45) is 11.8 Å². The first-order valence-electron chi connectivity index (χ1n) is 23.1. The van der Waals surface area contributed by atoms with E-state index in [2.05, 4.69) is 45.7 Å². The van der Waals surface area contributed by atoms with Crippen molar-refractivity contribution in [3.05, 3.63) is 82.9 Å². The van der Waals surface area contributed by atoms with Crippen LogP contribution in [-0.2, 0) is 9.59 Å². The number of fused-ring (bicyclic) bond motifs is 3. The van der Waals surface area contributed by atoms with Crippen LogP contribution in [0.4, 0.5) is 15.9 Å². The number of carbonyl (C=O) groups excluding carboxylic acids is 2. The van der Waals surface area contributed by atoms with Gasteiger partial charge in [-0.15, -0.1) is 21.5 Å². The smallest absolute Gasteiger partial charge is 0.254 e. The van der Waals surface area contributed by atoms with Crippen LogP contribution in [0.15, 0.2) is 64.6 Å². The number of carbonyl (C=O) groups is 2. The number of likely N-dealkylation sites (tertiary alicyclic amines) is 2. The lowest BCUT2D eigenvalue weighted by Gasteiger charge is -2.47. The molecule has 4 aliphatic heterocycles. The summed E-state index contributed by atoms with van der Waals surface area (Å²) < 4.78 is 27.1. The van der Waals surface area contributed by atoms with Gasteiger partial charge in [-0.1, -0.05) is 38.1 Å². The van der Waals surface area contributed by atoms with Crippen LogP contribution in [-0.4, -0.2) is 141 Å². The number of anilines is 2. The van der Waals surface area contributed by atoms with E-state index >= 15 is 4.39 Å². The van der Waals surface area contributed by atoms with E-state index in [-0.39, 0.29) is 30.5 Å². The number of ether oxygens (including phenoxy) is 1. The average molecular weight is 923 g/mol. The number of para-hydroxylation sites is 1. The fraction of sp³-hybridized carbons (Fsp3) is 0.500. The molecule has 0 bridgehead atoms. The molecule has 3 aromatic heterocycles. The van der Waals surface area contributed by atoms with Crippen molar-refractivity contribution in [3.63, 3.8) is 0 Å². The van der Waals surface area contributed by atoms with Gasteiger partial charge >= 0.3 is 0 Å². The third kappa shape index (κ3) is 9.73. The van der Waals surface area contributed by atoms with E-state index in [0.717, 1.165) is 87.3 Å². The fourth-order valence-electron chi connectivity index (χ4n) is 10.1. The van der Waals surface area contributed by atoms with Gasteiger partial charge in [-0.25, -0.2) is 9.37 Å². The van der Waals surface area contributed by atoms with E-state index in [0.29, 0.717) is 52.6 Å². The van der Waals surface area contributed by atoms with Gasteiger partial charge in [0.2, 0.25) is 11.8 Å². The lowest BCUT2D eigenvalue weighted by atomic mass is 9.91. The molecular weight excluding hydrogens is 864 g/mol. The number of aromatic nitrogens is 4. The number of hydrogen-bond acceptors (Lipinski definition) is 15. The number of aliphatic hydroxyl groups is 1. The molecule has 2 amide bonds. The Balaban J connectivity index is 0.731. The largest absolute Gasteiger partial charge is 0.507 e. The number of thiazole rings is 1. The summed E-state index contributed by atoms with van der Waals surface area (Å²) in [6.07, 6.45) is 1.39. The standard InChI is InChI=1S/C48H59FN10O6S/c1-28(2)44(48(63)59-26-34(60)20-40(59)47(62)52-29(3)35-10-9-32(19-37(35)49)45-30(4)51-27-66-45)42-22-43(55-65-42)64-18-17-56-13-11-31(12-14-56)24-57-15-16-58-33(25-57)23-50-46-39(58)21-38(53-54-46)36-7-5-6-8-41(36)61/h5-10,19,21-22,27-29,31,33-34,40,44,60-61H,11-18,20,23-26H2,1-4H3,(H,50,54)(H,52,62)/t29?,33-,34+,40-,44?/m0/s1. The molecule has 0 saturated carbocycles. The predicted molar refractivity (Wildman–Crippen MR) is 249 cm³/mol. The van der Waals surface area contributed by atoms with E-state index in [1.807, 2.05) is 45.0 Å². The number of hydrogen-bond donors (Lipinski definition) is 4.